The molecule has 1 aliphatic carbocycles. The summed E-state index contributed by atoms with van der Waals surface area (Å²) >= 11 is 0. The summed E-state index contributed by atoms with van der Waals surface area (Å²) in [6, 6.07) is 6.24. The molecule has 0 aliphatic heterocycles. The van der Waals surface area contributed by atoms with Crippen molar-refractivity contribution < 1.29 is 10.2 Å². The highest BCUT2D eigenvalue weighted by atomic mass is 16.3. The van der Waals surface area contributed by atoms with Crippen molar-refractivity contribution in [3.05, 3.63) is 29.3 Å². The van der Waals surface area contributed by atoms with Crippen molar-refractivity contribution in [2.24, 2.45) is 0 Å². The molecule has 0 bridgehead atoms. The summed E-state index contributed by atoms with van der Waals surface area (Å²) in [7, 11) is 0. The van der Waals surface area contributed by atoms with Crippen LogP contribution in [0.3, 0.4) is 0 Å². The van der Waals surface area contributed by atoms with Gasteiger partial charge < -0.3 is 10.2 Å². The van der Waals surface area contributed by atoms with Gasteiger partial charge in [-0.15, -0.1) is 0 Å². The van der Waals surface area contributed by atoms with E-state index in [0.717, 1.165) is 37.7 Å². The summed E-state index contributed by atoms with van der Waals surface area (Å²) < 4.78 is 0. The smallest absolute Gasteiger partial charge is 0.119 e. The average Bonchev–Trinajstić information content (AvgIpc) is 2.47. The first-order chi connectivity index (χ1) is 10.4. The molecule has 2 nitrogen and oxygen atoms in total. The zero-order valence-electron chi connectivity index (χ0n) is 14.4. The van der Waals surface area contributed by atoms with Gasteiger partial charge in [0.1, 0.15) is 5.75 Å². The molecule has 2 atom stereocenters. The van der Waals surface area contributed by atoms with E-state index in [1.54, 1.807) is 0 Å². The van der Waals surface area contributed by atoms with Crippen molar-refractivity contribution in [1.82, 2.24) is 0 Å². The number of benzene rings is 1. The van der Waals surface area contributed by atoms with Crippen LogP contribution in [-0.2, 0) is 5.41 Å². The van der Waals surface area contributed by atoms with E-state index < -0.39 is 0 Å². The molecule has 0 radical (unpaired) electrons. The Bertz CT molecular complexity index is 479. The van der Waals surface area contributed by atoms with Crippen LogP contribution in [-0.4, -0.2) is 16.3 Å². The minimum Gasteiger partial charge on any atom is -0.508 e. The Morgan fingerprint density at radius 2 is 1.95 bits per heavy atom. The summed E-state index contributed by atoms with van der Waals surface area (Å²) in [6.45, 7) is 6.76. The molecule has 1 fully saturated rings. The fourth-order valence-corrected chi connectivity index (χ4v) is 3.72. The molecule has 1 aliphatic rings. The standard InChI is InChI=1S/C20H32O2/c1-4-5-6-12-20(2,3)16-10-11-18(19(22)14-16)15-8-7-9-17(21)13-15/h10-11,14-15,17,21-22H,4-9,12-13H2,1-3H3/t15-,17-/m0/s1. The molecule has 2 N–H and O–H groups in total. The SMILES string of the molecule is CCCCCC(C)(C)c1ccc([C@H]2CCC[C@H](O)C2)c(O)c1. The molecular weight excluding hydrogens is 272 g/mol. The van der Waals surface area contributed by atoms with Crippen LogP contribution in [0.4, 0.5) is 0 Å². The maximum absolute atomic E-state index is 10.5. The molecule has 2 heteroatoms. The number of phenols is 1. The lowest BCUT2D eigenvalue weighted by Gasteiger charge is -2.29. The van der Waals surface area contributed by atoms with Crippen LogP contribution < -0.4 is 0 Å². The second-order valence-electron chi connectivity index (χ2n) is 7.63. The largest absolute Gasteiger partial charge is 0.508 e. The van der Waals surface area contributed by atoms with Gasteiger partial charge in [-0.05, 0) is 54.2 Å². The van der Waals surface area contributed by atoms with Crippen LogP contribution in [0.2, 0.25) is 0 Å². The van der Waals surface area contributed by atoms with Gasteiger partial charge in [-0.3, -0.25) is 0 Å². The minimum absolute atomic E-state index is 0.108. The molecule has 1 aromatic rings. The van der Waals surface area contributed by atoms with E-state index in [4.69, 9.17) is 0 Å². The number of aliphatic hydroxyl groups excluding tert-OH is 1. The lowest BCUT2D eigenvalue weighted by molar-refractivity contribution is 0.119. The van der Waals surface area contributed by atoms with Gasteiger partial charge >= 0.3 is 0 Å². The average molecular weight is 304 g/mol. The number of rotatable bonds is 6. The first-order valence-corrected chi connectivity index (χ1v) is 8.95. The molecule has 0 unspecified atom stereocenters. The Labute approximate surface area is 135 Å². The molecule has 1 aromatic carbocycles. The summed E-state index contributed by atoms with van der Waals surface area (Å²) in [5, 5.41) is 20.3. The Balaban J connectivity index is 2.11. The molecule has 124 valence electrons. The van der Waals surface area contributed by atoms with E-state index in [1.165, 1.54) is 24.8 Å². The fraction of sp³-hybridized carbons (Fsp3) is 0.700. The van der Waals surface area contributed by atoms with Crippen LogP contribution in [0, 0.1) is 0 Å². The number of hydrogen-bond acceptors (Lipinski definition) is 2. The zero-order valence-corrected chi connectivity index (χ0v) is 14.4. The molecule has 0 saturated heterocycles. The Kier molecular flexibility index (Phi) is 5.91. The normalized spacial score (nSPS) is 22.7. The van der Waals surface area contributed by atoms with Crippen LogP contribution in [0.15, 0.2) is 18.2 Å². The van der Waals surface area contributed by atoms with Crippen LogP contribution in [0.1, 0.15) is 89.2 Å². The van der Waals surface area contributed by atoms with E-state index in [-0.39, 0.29) is 11.5 Å². The Morgan fingerprint density at radius 1 is 1.18 bits per heavy atom. The van der Waals surface area contributed by atoms with Crippen molar-refractivity contribution in [3.8, 4) is 5.75 Å². The van der Waals surface area contributed by atoms with Crippen molar-refractivity contribution in [3.63, 3.8) is 0 Å². The highest BCUT2D eigenvalue weighted by Crippen LogP contribution is 2.39. The van der Waals surface area contributed by atoms with Crippen molar-refractivity contribution in [2.45, 2.75) is 89.6 Å². The maximum Gasteiger partial charge on any atom is 0.119 e. The van der Waals surface area contributed by atoms with Crippen molar-refractivity contribution in [2.75, 3.05) is 0 Å². The third-order valence-corrected chi connectivity index (χ3v) is 5.30. The molecule has 0 amide bonds. The summed E-state index contributed by atoms with van der Waals surface area (Å²) in [5.41, 5.74) is 2.35. The van der Waals surface area contributed by atoms with Crippen LogP contribution in [0.5, 0.6) is 5.75 Å². The van der Waals surface area contributed by atoms with Crippen molar-refractivity contribution in [1.29, 1.82) is 0 Å². The highest BCUT2D eigenvalue weighted by molar-refractivity contribution is 5.41. The number of hydrogen-bond donors (Lipinski definition) is 2. The van der Waals surface area contributed by atoms with E-state index in [9.17, 15) is 10.2 Å². The zero-order chi connectivity index (χ0) is 16.2. The molecule has 1 saturated carbocycles. The summed E-state index contributed by atoms with van der Waals surface area (Å²) in [6.07, 6.45) is 8.51. The lowest BCUT2D eigenvalue weighted by atomic mass is 9.77. The molecule has 0 aromatic heterocycles. The van der Waals surface area contributed by atoms with Gasteiger partial charge in [-0.2, -0.15) is 0 Å². The molecule has 0 spiro atoms. The van der Waals surface area contributed by atoms with E-state index >= 15 is 0 Å². The van der Waals surface area contributed by atoms with Gasteiger partial charge in [-0.1, -0.05) is 58.6 Å². The Hall–Kier alpha value is -1.02. The van der Waals surface area contributed by atoms with Gasteiger partial charge in [0.2, 0.25) is 0 Å². The second-order valence-corrected chi connectivity index (χ2v) is 7.63. The topological polar surface area (TPSA) is 40.5 Å². The highest BCUT2D eigenvalue weighted by Gasteiger charge is 2.26. The van der Waals surface area contributed by atoms with Crippen LogP contribution in [0.25, 0.3) is 0 Å². The van der Waals surface area contributed by atoms with Gasteiger partial charge in [0.25, 0.3) is 0 Å². The monoisotopic (exact) mass is 304 g/mol. The third-order valence-electron chi connectivity index (χ3n) is 5.30. The summed E-state index contributed by atoms with van der Waals surface area (Å²) in [5.74, 6) is 0.723. The predicted molar refractivity (Wildman–Crippen MR) is 92.5 cm³/mol. The molecule has 0 heterocycles. The number of aliphatic hydroxyl groups is 1. The lowest BCUT2D eigenvalue weighted by Crippen LogP contribution is -2.19. The molecule has 2 rings (SSSR count). The first-order valence-electron chi connectivity index (χ1n) is 8.95. The maximum atomic E-state index is 10.5. The van der Waals surface area contributed by atoms with Crippen LogP contribution >= 0.6 is 0 Å². The number of aromatic hydroxyl groups is 1. The van der Waals surface area contributed by atoms with Crippen molar-refractivity contribution >= 4 is 0 Å². The summed E-state index contributed by atoms with van der Waals surface area (Å²) in [4.78, 5) is 0. The number of unbranched alkanes of at least 4 members (excludes halogenated alkanes) is 2. The van der Waals surface area contributed by atoms with E-state index in [2.05, 4.69) is 32.9 Å². The van der Waals surface area contributed by atoms with E-state index in [0.29, 0.717) is 11.7 Å². The quantitative estimate of drug-likeness (QED) is 0.703. The Morgan fingerprint density at radius 3 is 2.59 bits per heavy atom. The molecule has 22 heavy (non-hydrogen) atoms. The predicted octanol–water partition coefficient (Wildman–Crippen LogP) is 5.27. The third kappa shape index (κ3) is 4.25. The minimum atomic E-state index is -0.205. The second kappa shape index (κ2) is 7.50. The van der Waals surface area contributed by atoms with Gasteiger partial charge in [-0.25, -0.2) is 0 Å². The van der Waals surface area contributed by atoms with E-state index in [1.807, 2.05) is 6.07 Å². The first kappa shape index (κ1) is 17.3. The van der Waals surface area contributed by atoms with Gasteiger partial charge in [0.15, 0.2) is 0 Å². The fourth-order valence-electron chi connectivity index (χ4n) is 3.72. The number of phenolic OH excluding ortho intramolecular Hbond substituents is 1. The van der Waals surface area contributed by atoms with Gasteiger partial charge in [0.05, 0.1) is 6.10 Å². The van der Waals surface area contributed by atoms with Gasteiger partial charge in [0, 0.05) is 0 Å². The molecular formula is C20H32O2.